The molecule has 2 aliphatic rings. The van der Waals surface area contributed by atoms with Gasteiger partial charge in [0.05, 0.1) is 12.3 Å². The minimum absolute atomic E-state index is 0.0224. The number of pyridine rings is 1. The maximum absolute atomic E-state index is 11.0. The van der Waals surface area contributed by atoms with Crippen molar-refractivity contribution in [1.29, 1.82) is 5.26 Å². The number of aliphatic hydroxyl groups is 2. The summed E-state index contributed by atoms with van der Waals surface area (Å²) in [6.45, 7) is -0.323. The minimum atomic E-state index is -4.37. The van der Waals surface area contributed by atoms with Gasteiger partial charge >= 0.3 is 7.60 Å². The van der Waals surface area contributed by atoms with E-state index in [9.17, 15) is 20.0 Å². The van der Waals surface area contributed by atoms with Gasteiger partial charge in [-0.15, -0.1) is 0 Å². The molecule has 2 fully saturated rings. The van der Waals surface area contributed by atoms with E-state index in [0.717, 1.165) is 25.7 Å². The van der Waals surface area contributed by atoms with Crippen molar-refractivity contribution in [1.82, 2.24) is 9.55 Å². The lowest BCUT2D eigenvalue weighted by Gasteiger charge is -2.19. The van der Waals surface area contributed by atoms with Gasteiger partial charge in [0.2, 0.25) is 0 Å². The topological polar surface area (TPSA) is 170 Å². The van der Waals surface area contributed by atoms with Crippen molar-refractivity contribution in [2.75, 3.05) is 18.3 Å². The number of aliphatic hydroxyl groups excluding tert-OH is 2. The summed E-state index contributed by atoms with van der Waals surface area (Å²) >= 11 is 6.45. The van der Waals surface area contributed by atoms with E-state index in [1.807, 2.05) is 6.07 Å². The van der Waals surface area contributed by atoms with Crippen molar-refractivity contribution in [3.05, 3.63) is 23.0 Å². The first kappa shape index (κ1) is 23.4. The highest BCUT2D eigenvalue weighted by atomic mass is 35.5. The van der Waals surface area contributed by atoms with Crippen LogP contribution in [0.4, 0.5) is 5.69 Å². The van der Waals surface area contributed by atoms with Gasteiger partial charge in [0.1, 0.15) is 41.4 Å². The van der Waals surface area contributed by atoms with Gasteiger partial charge in [-0.05, 0) is 18.9 Å². The molecule has 0 unspecified atom stereocenters. The Balaban J connectivity index is 1.63. The van der Waals surface area contributed by atoms with E-state index in [-0.39, 0.29) is 23.4 Å². The van der Waals surface area contributed by atoms with Crippen molar-refractivity contribution in [3.8, 4) is 6.07 Å². The van der Waals surface area contributed by atoms with Crippen LogP contribution in [-0.2, 0) is 14.0 Å². The summed E-state index contributed by atoms with van der Waals surface area (Å²) in [6, 6.07) is 3.97. The molecule has 5 N–H and O–H groups in total. The van der Waals surface area contributed by atoms with E-state index in [0.29, 0.717) is 16.7 Å². The Labute approximate surface area is 188 Å². The molecule has 4 rings (SSSR count). The van der Waals surface area contributed by atoms with Gasteiger partial charge in [-0.1, -0.05) is 24.4 Å². The Morgan fingerprint density at radius 3 is 2.72 bits per heavy atom. The molecule has 1 saturated carbocycles. The maximum atomic E-state index is 11.0. The lowest BCUT2D eigenvalue weighted by molar-refractivity contribution is -0.0610. The Morgan fingerprint density at radius 1 is 1.34 bits per heavy atom. The standard InChI is InChI=1S/C19H24ClN4O7P/c20-14-12(7-21)23-18-11(15(14)22-10-3-1-2-4-10)5-6-24(18)19-17(26)16(25)13(31-19)8-30-9-32(27,28)29/h5-6,10,13,16-17,19,25-26H,1-4,8-9H2,(H,22,23)(H2,27,28,29)/t13-,16-,17-,19-/m1/s1. The molecule has 13 heteroatoms. The Morgan fingerprint density at radius 2 is 2.06 bits per heavy atom. The molecule has 0 radical (unpaired) electrons. The molecule has 0 bridgehead atoms. The number of nitrogens with one attached hydrogen (secondary N) is 1. The van der Waals surface area contributed by atoms with Crippen molar-refractivity contribution in [2.45, 2.75) is 56.3 Å². The summed E-state index contributed by atoms with van der Waals surface area (Å²) in [5.74, 6) is 0. The summed E-state index contributed by atoms with van der Waals surface area (Å²) in [4.78, 5) is 22.2. The lowest BCUT2D eigenvalue weighted by Crippen LogP contribution is -2.33. The van der Waals surface area contributed by atoms with Crippen LogP contribution >= 0.6 is 19.2 Å². The highest BCUT2D eigenvalue weighted by Crippen LogP contribution is 2.39. The van der Waals surface area contributed by atoms with Gasteiger partial charge in [-0.2, -0.15) is 5.26 Å². The van der Waals surface area contributed by atoms with Gasteiger partial charge in [0, 0.05) is 17.6 Å². The number of hydrogen-bond donors (Lipinski definition) is 5. The molecule has 2 aromatic rings. The first-order chi connectivity index (χ1) is 15.2. The van der Waals surface area contributed by atoms with Gasteiger partial charge in [0.25, 0.3) is 0 Å². The molecule has 3 heterocycles. The zero-order valence-corrected chi connectivity index (χ0v) is 18.6. The van der Waals surface area contributed by atoms with Gasteiger partial charge in [-0.25, -0.2) is 4.98 Å². The van der Waals surface area contributed by atoms with Gasteiger partial charge in [-0.3, -0.25) is 4.57 Å². The fraction of sp³-hybridized carbons (Fsp3) is 0.579. The summed E-state index contributed by atoms with van der Waals surface area (Å²) < 4.78 is 23.1. The number of ether oxygens (including phenoxy) is 2. The number of halogens is 1. The molecule has 11 nitrogen and oxygen atoms in total. The fourth-order valence-electron chi connectivity index (χ4n) is 4.22. The van der Waals surface area contributed by atoms with Crippen LogP contribution < -0.4 is 5.32 Å². The number of fused-ring (bicyclic) bond motifs is 1. The molecule has 4 atom stereocenters. The summed E-state index contributed by atoms with van der Waals surface area (Å²) in [6.07, 6.45) is 0.233. The van der Waals surface area contributed by atoms with Crippen LogP contribution in [0.1, 0.15) is 37.6 Å². The SMILES string of the molecule is N#Cc1nc2c(ccn2[C@@H]2O[C@H](COCP(=O)(O)O)[C@@H](O)[C@H]2O)c(NC2CCCC2)c1Cl. The zero-order valence-electron chi connectivity index (χ0n) is 17.0. The summed E-state index contributed by atoms with van der Waals surface area (Å²) in [5.41, 5.74) is 0.960. The van der Waals surface area contributed by atoms with Crippen molar-refractivity contribution in [3.63, 3.8) is 0 Å². The van der Waals surface area contributed by atoms with Crippen LogP contribution in [0.2, 0.25) is 5.02 Å². The molecule has 2 aromatic heterocycles. The molecule has 1 saturated heterocycles. The second-order valence-electron chi connectivity index (χ2n) is 8.06. The molecule has 32 heavy (non-hydrogen) atoms. The van der Waals surface area contributed by atoms with Crippen LogP contribution in [0.5, 0.6) is 0 Å². The van der Waals surface area contributed by atoms with E-state index in [1.54, 1.807) is 12.3 Å². The number of anilines is 1. The second kappa shape index (κ2) is 9.25. The average molecular weight is 487 g/mol. The third-order valence-corrected chi connectivity index (χ3v) is 6.65. The third kappa shape index (κ3) is 4.64. The van der Waals surface area contributed by atoms with Crippen LogP contribution in [0.3, 0.4) is 0 Å². The molecule has 0 aromatic carbocycles. The normalized spacial score (nSPS) is 26.6. The van der Waals surface area contributed by atoms with E-state index < -0.39 is 38.5 Å². The van der Waals surface area contributed by atoms with E-state index in [2.05, 4.69) is 10.3 Å². The number of rotatable bonds is 7. The predicted octanol–water partition coefficient (Wildman–Crippen LogP) is 1.69. The van der Waals surface area contributed by atoms with E-state index >= 15 is 0 Å². The number of hydrogen-bond acceptors (Lipinski definition) is 8. The van der Waals surface area contributed by atoms with Crippen LogP contribution in [0.25, 0.3) is 11.0 Å². The van der Waals surface area contributed by atoms with Crippen LogP contribution in [0, 0.1) is 11.3 Å². The molecular weight excluding hydrogens is 463 g/mol. The molecule has 174 valence electrons. The first-order valence-electron chi connectivity index (χ1n) is 10.2. The summed E-state index contributed by atoms with van der Waals surface area (Å²) in [5, 5.41) is 34.7. The summed E-state index contributed by atoms with van der Waals surface area (Å²) in [7, 11) is -4.37. The number of nitriles is 1. The fourth-order valence-corrected chi connectivity index (χ4v) is 4.81. The number of nitrogens with zero attached hydrogens (tertiary/aromatic N) is 3. The van der Waals surface area contributed by atoms with Crippen molar-refractivity contribution in [2.24, 2.45) is 0 Å². The van der Waals surface area contributed by atoms with Crippen LogP contribution in [-0.4, -0.2) is 66.9 Å². The molecule has 0 spiro atoms. The Bertz CT molecular complexity index is 1080. The lowest BCUT2D eigenvalue weighted by atomic mass is 10.1. The van der Waals surface area contributed by atoms with E-state index in [4.69, 9.17) is 30.9 Å². The molecule has 1 aliphatic carbocycles. The van der Waals surface area contributed by atoms with Crippen LogP contribution in [0.15, 0.2) is 12.3 Å². The molecule has 0 amide bonds. The Kier molecular flexibility index (Phi) is 6.77. The monoisotopic (exact) mass is 486 g/mol. The highest BCUT2D eigenvalue weighted by molar-refractivity contribution is 7.51. The maximum Gasteiger partial charge on any atom is 0.350 e. The largest absolute Gasteiger partial charge is 0.387 e. The minimum Gasteiger partial charge on any atom is -0.387 e. The Hall–Kier alpha value is -1.74. The highest BCUT2D eigenvalue weighted by Gasteiger charge is 2.44. The smallest absolute Gasteiger partial charge is 0.350 e. The third-order valence-electron chi connectivity index (χ3n) is 5.76. The second-order valence-corrected chi connectivity index (χ2v) is 10.0. The number of aromatic nitrogens is 2. The zero-order chi connectivity index (χ0) is 23.0. The van der Waals surface area contributed by atoms with Crippen molar-refractivity contribution < 1.29 is 34.0 Å². The average Bonchev–Trinajstić information content (AvgIpc) is 3.45. The molecule has 1 aliphatic heterocycles. The predicted molar refractivity (Wildman–Crippen MR) is 114 cm³/mol. The van der Waals surface area contributed by atoms with Crippen molar-refractivity contribution >= 4 is 35.9 Å². The quantitative estimate of drug-likeness (QED) is 0.363. The van der Waals surface area contributed by atoms with Gasteiger partial charge < -0.3 is 39.4 Å². The first-order valence-corrected chi connectivity index (χ1v) is 12.4. The molecular formula is C19H24ClN4O7P. The van der Waals surface area contributed by atoms with E-state index in [1.165, 1.54) is 4.57 Å². The van der Waals surface area contributed by atoms with Gasteiger partial charge in [0.15, 0.2) is 11.9 Å².